The topological polar surface area (TPSA) is 35.8 Å². The van der Waals surface area contributed by atoms with Crippen LogP contribution in [0.1, 0.15) is 38.5 Å². The molecule has 2 rings (SSSR count). The highest BCUT2D eigenvalue weighted by molar-refractivity contribution is 5.46. The number of rotatable bonds is 4. The minimum absolute atomic E-state index is 0.287. The number of nitrogens with one attached hydrogen (secondary N) is 1. The fourth-order valence-corrected chi connectivity index (χ4v) is 2.67. The average Bonchev–Trinajstić information content (AvgIpc) is 2.41. The van der Waals surface area contributed by atoms with Crippen molar-refractivity contribution in [1.82, 2.24) is 0 Å². The zero-order valence-corrected chi connectivity index (χ0v) is 10.5. The van der Waals surface area contributed by atoms with Crippen LogP contribution >= 0.6 is 0 Å². The molecule has 1 saturated carbocycles. The van der Waals surface area contributed by atoms with Gasteiger partial charge in [0.25, 0.3) is 0 Å². The van der Waals surface area contributed by atoms with Crippen molar-refractivity contribution in [3.05, 3.63) is 30.1 Å². The number of anilines is 1. The Hall–Kier alpha value is -1.56. The SMILES string of the molecule is N#CC(CC1CCCCC1)Nc1ccccc1F. The number of nitriles is 1. The summed E-state index contributed by atoms with van der Waals surface area (Å²) in [6, 6.07) is 8.49. The molecule has 1 unspecified atom stereocenters. The van der Waals surface area contributed by atoms with Crippen LogP contribution in [0.25, 0.3) is 0 Å². The lowest BCUT2D eigenvalue weighted by Gasteiger charge is -2.24. The van der Waals surface area contributed by atoms with Crippen molar-refractivity contribution in [2.24, 2.45) is 5.92 Å². The molecule has 0 bridgehead atoms. The van der Waals surface area contributed by atoms with E-state index in [0.29, 0.717) is 11.6 Å². The molecule has 1 aromatic carbocycles. The zero-order valence-electron chi connectivity index (χ0n) is 10.5. The van der Waals surface area contributed by atoms with E-state index in [4.69, 9.17) is 0 Å². The Morgan fingerprint density at radius 2 is 2.00 bits per heavy atom. The molecular formula is C15H19FN2. The summed E-state index contributed by atoms with van der Waals surface area (Å²) in [4.78, 5) is 0. The van der Waals surface area contributed by atoms with Crippen LogP contribution < -0.4 is 5.32 Å². The second kappa shape index (κ2) is 6.39. The predicted molar refractivity (Wildman–Crippen MR) is 70.6 cm³/mol. The average molecular weight is 246 g/mol. The van der Waals surface area contributed by atoms with Crippen molar-refractivity contribution in [2.45, 2.75) is 44.6 Å². The summed E-state index contributed by atoms with van der Waals surface area (Å²) in [6.45, 7) is 0. The fourth-order valence-electron chi connectivity index (χ4n) is 2.67. The zero-order chi connectivity index (χ0) is 12.8. The molecule has 18 heavy (non-hydrogen) atoms. The van der Waals surface area contributed by atoms with Crippen molar-refractivity contribution in [1.29, 1.82) is 5.26 Å². The lowest BCUT2D eigenvalue weighted by molar-refractivity contribution is 0.335. The molecule has 2 nitrogen and oxygen atoms in total. The smallest absolute Gasteiger partial charge is 0.146 e. The van der Waals surface area contributed by atoms with E-state index in [2.05, 4.69) is 11.4 Å². The maximum absolute atomic E-state index is 13.5. The molecule has 0 radical (unpaired) electrons. The predicted octanol–water partition coefficient (Wildman–Crippen LogP) is 4.10. The van der Waals surface area contributed by atoms with Gasteiger partial charge in [-0.3, -0.25) is 0 Å². The highest BCUT2D eigenvalue weighted by Gasteiger charge is 2.19. The Labute approximate surface area is 108 Å². The Bertz CT molecular complexity index is 419. The molecule has 0 spiro atoms. The number of hydrogen-bond donors (Lipinski definition) is 1. The normalized spacial score (nSPS) is 18.0. The third-order valence-corrected chi connectivity index (χ3v) is 3.65. The summed E-state index contributed by atoms with van der Waals surface area (Å²) in [7, 11) is 0. The molecule has 1 fully saturated rings. The molecule has 1 atom stereocenters. The quantitative estimate of drug-likeness (QED) is 0.868. The Kier molecular flexibility index (Phi) is 4.58. The Balaban J connectivity index is 1.93. The van der Waals surface area contributed by atoms with Gasteiger partial charge in [0.1, 0.15) is 11.9 Å². The molecule has 96 valence electrons. The molecule has 0 aliphatic heterocycles. The summed E-state index contributed by atoms with van der Waals surface area (Å²) >= 11 is 0. The van der Waals surface area contributed by atoms with Crippen molar-refractivity contribution >= 4 is 5.69 Å². The van der Waals surface area contributed by atoms with Crippen LogP contribution in [0.4, 0.5) is 10.1 Å². The molecule has 0 saturated heterocycles. The van der Waals surface area contributed by atoms with E-state index < -0.39 is 0 Å². The van der Waals surface area contributed by atoms with Crippen LogP contribution in [0.15, 0.2) is 24.3 Å². The van der Waals surface area contributed by atoms with Crippen LogP contribution in [0, 0.1) is 23.1 Å². The van der Waals surface area contributed by atoms with Gasteiger partial charge in [0.15, 0.2) is 0 Å². The molecule has 1 aliphatic rings. The Morgan fingerprint density at radius 1 is 1.28 bits per heavy atom. The standard InChI is InChI=1S/C15H19FN2/c16-14-8-4-5-9-15(14)18-13(11-17)10-12-6-2-1-3-7-12/h4-5,8-9,12-13,18H,1-3,6-7,10H2. The van der Waals surface area contributed by atoms with E-state index in [1.54, 1.807) is 18.2 Å². The van der Waals surface area contributed by atoms with Gasteiger partial charge >= 0.3 is 0 Å². The minimum Gasteiger partial charge on any atom is -0.367 e. The van der Waals surface area contributed by atoms with Crippen LogP contribution in [0.3, 0.4) is 0 Å². The van der Waals surface area contributed by atoms with Gasteiger partial charge in [-0.15, -0.1) is 0 Å². The monoisotopic (exact) mass is 246 g/mol. The van der Waals surface area contributed by atoms with E-state index in [1.807, 2.05) is 0 Å². The number of halogens is 1. The molecular weight excluding hydrogens is 227 g/mol. The second-order valence-corrected chi connectivity index (χ2v) is 5.05. The first-order chi connectivity index (χ1) is 8.79. The summed E-state index contributed by atoms with van der Waals surface area (Å²) < 4.78 is 13.5. The highest BCUT2D eigenvalue weighted by Crippen LogP contribution is 2.28. The van der Waals surface area contributed by atoms with Crippen molar-refractivity contribution in [3.8, 4) is 6.07 Å². The highest BCUT2D eigenvalue weighted by atomic mass is 19.1. The van der Waals surface area contributed by atoms with Gasteiger partial charge in [-0.25, -0.2) is 4.39 Å². The van der Waals surface area contributed by atoms with Gasteiger partial charge in [0.05, 0.1) is 11.8 Å². The number of hydrogen-bond acceptors (Lipinski definition) is 2. The third-order valence-electron chi connectivity index (χ3n) is 3.65. The summed E-state index contributed by atoms with van der Waals surface area (Å²) in [5.41, 5.74) is 0.430. The van der Waals surface area contributed by atoms with Crippen LogP contribution in [0.2, 0.25) is 0 Å². The first-order valence-electron chi connectivity index (χ1n) is 6.70. The molecule has 0 amide bonds. The molecule has 1 aliphatic carbocycles. The summed E-state index contributed by atoms with van der Waals surface area (Å²) in [6.07, 6.45) is 7.08. The second-order valence-electron chi connectivity index (χ2n) is 5.05. The van der Waals surface area contributed by atoms with Gasteiger partial charge in [-0.1, -0.05) is 44.2 Å². The van der Waals surface area contributed by atoms with Gasteiger partial charge in [0.2, 0.25) is 0 Å². The van der Waals surface area contributed by atoms with Crippen molar-refractivity contribution in [3.63, 3.8) is 0 Å². The Morgan fingerprint density at radius 3 is 2.67 bits per heavy atom. The number of para-hydroxylation sites is 1. The fraction of sp³-hybridized carbons (Fsp3) is 0.533. The number of nitrogens with zero attached hydrogens (tertiary/aromatic N) is 1. The van der Waals surface area contributed by atoms with Crippen molar-refractivity contribution < 1.29 is 4.39 Å². The van der Waals surface area contributed by atoms with Crippen LogP contribution in [-0.2, 0) is 0 Å². The van der Waals surface area contributed by atoms with Crippen molar-refractivity contribution in [2.75, 3.05) is 5.32 Å². The van der Waals surface area contributed by atoms with Crippen LogP contribution in [-0.4, -0.2) is 6.04 Å². The molecule has 0 aromatic heterocycles. The maximum atomic E-state index is 13.5. The minimum atomic E-state index is -0.290. The van der Waals surface area contributed by atoms with Gasteiger partial charge < -0.3 is 5.32 Å². The molecule has 1 aromatic rings. The van der Waals surface area contributed by atoms with E-state index in [1.165, 1.54) is 38.2 Å². The lowest BCUT2D eigenvalue weighted by atomic mass is 9.85. The van der Waals surface area contributed by atoms with E-state index in [0.717, 1.165) is 6.42 Å². The molecule has 1 N–H and O–H groups in total. The maximum Gasteiger partial charge on any atom is 0.146 e. The molecule has 3 heteroatoms. The van der Waals surface area contributed by atoms with Gasteiger partial charge in [-0.05, 0) is 24.5 Å². The van der Waals surface area contributed by atoms with Gasteiger partial charge in [-0.2, -0.15) is 5.26 Å². The first-order valence-corrected chi connectivity index (χ1v) is 6.70. The largest absolute Gasteiger partial charge is 0.367 e. The summed E-state index contributed by atoms with van der Waals surface area (Å²) in [5, 5.41) is 12.2. The van der Waals surface area contributed by atoms with E-state index in [9.17, 15) is 9.65 Å². The lowest BCUT2D eigenvalue weighted by Crippen LogP contribution is -2.23. The van der Waals surface area contributed by atoms with E-state index in [-0.39, 0.29) is 11.9 Å². The molecule has 0 heterocycles. The number of benzene rings is 1. The van der Waals surface area contributed by atoms with Crippen LogP contribution in [0.5, 0.6) is 0 Å². The van der Waals surface area contributed by atoms with E-state index >= 15 is 0 Å². The first kappa shape index (κ1) is 12.9. The van der Waals surface area contributed by atoms with Gasteiger partial charge in [0, 0.05) is 0 Å². The third kappa shape index (κ3) is 3.46. The summed E-state index contributed by atoms with van der Waals surface area (Å²) in [5.74, 6) is 0.323.